The van der Waals surface area contributed by atoms with Crippen LogP contribution < -0.4 is 5.32 Å². The molecule has 1 saturated carbocycles. The van der Waals surface area contributed by atoms with Crippen LogP contribution in [0.15, 0.2) is 42.5 Å². The van der Waals surface area contributed by atoms with Gasteiger partial charge < -0.3 is 15.0 Å². The molecule has 5 rings (SSSR count). The van der Waals surface area contributed by atoms with Crippen molar-refractivity contribution in [2.24, 2.45) is 5.92 Å². The number of hydrogen-bond acceptors (Lipinski definition) is 5. The number of carbonyl (C=O) groups excluding carboxylic acids is 1. The van der Waals surface area contributed by atoms with Crippen LogP contribution in [0.2, 0.25) is 0 Å². The Bertz CT molecular complexity index is 1020. The monoisotopic (exact) mass is 421 g/mol. The number of ether oxygens (including phenoxy) is 1. The number of nitro benzene ring substituents is 1. The zero-order chi connectivity index (χ0) is 21.4. The second-order valence-corrected chi connectivity index (χ2v) is 8.84. The first-order valence-corrected chi connectivity index (χ1v) is 11.1. The number of fused-ring (bicyclic) bond motifs is 2. The maximum Gasteiger partial charge on any atom is 0.293 e. The molecule has 2 aromatic carbocycles. The highest BCUT2D eigenvalue weighted by Crippen LogP contribution is 2.60. The second kappa shape index (κ2) is 7.96. The number of morpholine rings is 1. The van der Waals surface area contributed by atoms with Crippen molar-refractivity contribution >= 4 is 17.3 Å². The fourth-order valence-electron chi connectivity index (χ4n) is 5.38. The van der Waals surface area contributed by atoms with Gasteiger partial charge in [0.15, 0.2) is 0 Å². The summed E-state index contributed by atoms with van der Waals surface area (Å²) in [5.41, 5.74) is 3.93. The number of amides is 1. The number of nitro groups is 1. The van der Waals surface area contributed by atoms with E-state index in [4.69, 9.17) is 4.74 Å². The Hall–Kier alpha value is -2.93. The summed E-state index contributed by atoms with van der Waals surface area (Å²) in [6.45, 7) is 2.72. The lowest BCUT2D eigenvalue weighted by atomic mass is 9.78. The third-order valence-corrected chi connectivity index (χ3v) is 7.13. The molecule has 1 heterocycles. The first kappa shape index (κ1) is 20.0. The van der Waals surface area contributed by atoms with E-state index in [0.29, 0.717) is 50.0 Å². The number of anilines is 1. The summed E-state index contributed by atoms with van der Waals surface area (Å²) in [6.07, 6.45) is 4.65. The van der Waals surface area contributed by atoms with Crippen LogP contribution in [0.1, 0.15) is 40.7 Å². The van der Waals surface area contributed by atoms with Crippen LogP contribution in [0.3, 0.4) is 0 Å². The zero-order valence-corrected chi connectivity index (χ0v) is 17.5. The first-order valence-electron chi connectivity index (χ1n) is 11.1. The Kier molecular flexibility index (Phi) is 5.14. The molecule has 31 heavy (non-hydrogen) atoms. The first-order chi connectivity index (χ1) is 15.1. The normalized spacial score (nSPS) is 24.5. The van der Waals surface area contributed by atoms with E-state index in [1.54, 1.807) is 17.0 Å². The molecule has 1 N–H and O–H groups in total. The number of aryl methyl sites for hydroxylation is 1. The maximum absolute atomic E-state index is 12.7. The molecule has 2 unspecified atom stereocenters. The van der Waals surface area contributed by atoms with Crippen LogP contribution in [-0.4, -0.2) is 48.6 Å². The van der Waals surface area contributed by atoms with Crippen LogP contribution in [0.4, 0.5) is 11.4 Å². The summed E-state index contributed by atoms with van der Waals surface area (Å²) < 4.78 is 5.28. The zero-order valence-electron chi connectivity index (χ0n) is 17.5. The van der Waals surface area contributed by atoms with Crippen molar-refractivity contribution in [1.29, 1.82) is 0 Å². The van der Waals surface area contributed by atoms with Gasteiger partial charge in [-0.05, 0) is 54.9 Å². The lowest BCUT2D eigenvalue weighted by Gasteiger charge is -2.27. The summed E-state index contributed by atoms with van der Waals surface area (Å²) in [7, 11) is 0. The molecular weight excluding hydrogens is 394 g/mol. The Morgan fingerprint density at radius 3 is 2.84 bits per heavy atom. The lowest BCUT2D eigenvalue weighted by molar-refractivity contribution is -0.384. The molecule has 1 amide bonds. The molecule has 2 aromatic rings. The van der Waals surface area contributed by atoms with E-state index >= 15 is 0 Å². The minimum absolute atomic E-state index is 0.0437. The molecule has 1 spiro atoms. The van der Waals surface area contributed by atoms with Crippen LogP contribution >= 0.6 is 0 Å². The van der Waals surface area contributed by atoms with Crippen molar-refractivity contribution < 1.29 is 14.5 Å². The van der Waals surface area contributed by atoms with Gasteiger partial charge in [-0.2, -0.15) is 0 Å². The Labute approximate surface area is 181 Å². The third-order valence-electron chi connectivity index (χ3n) is 7.13. The smallest absolute Gasteiger partial charge is 0.293 e. The molecule has 2 atom stereocenters. The van der Waals surface area contributed by atoms with Gasteiger partial charge in [0.25, 0.3) is 11.6 Å². The SMILES string of the molecule is O=C(c1ccc(NCC2CC23CCCc2ccccc23)c([N+](=O)[O-])c1)N1CCOCC1. The van der Waals surface area contributed by atoms with E-state index in [-0.39, 0.29) is 17.0 Å². The molecule has 1 saturated heterocycles. The summed E-state index contributed by atoms with van der Waals surface area (Å²) in [4.78, 5) is 25.7. The predicted octanol–water partition coefficient (Wildman–Crippen LogP) is 3.77. The van der Waals surface area contributed by atoms with E-state index in [1.165, 1.54) is 30.0 Å². The predicted molar refractivity (Wildman–Crippen MR) is 117 cm³/mol. The Morgan fingerprint density at radius 2 is 2.03 bits per heavy atom. The van der Waals surface area contributed by atoms with Crippen LogP contribution in [0, 0.1) is 16.0 Å². The van der Waals surface area contributed by atoms with Crippen LogP contribution in [0.25, 0.3) is 0 Å². The van der Waals surface area contributed by atoms with Crippen molar-refractivity contribution in [2.45, 2.75) is 31.1 Å². The number of carbonyl (C=O) groups is 1. The number of rotatable bonds is 5. The molecule has 3 aliphatic rings. The number of nitrogens with one attached hydrogen (secondary N) is 1. The second-order valence-electron chi connectivity index (χ2n) is 8.84. The van der Waals surface area contributed by atoms with E-state index in [1.807, 2.05) is 0 Å². The highest BCUT2D eigenvalue weighted by Gasteiger charge is 2.56. The van der Waals surface area contributed by atoms with Gasteiger partial charge in [0.2, 0.25) is 0 Å². The van der Waals surface area contributed by atoms with Gasteiger partial charge in [-0.3, -0.25) is 14.9 Å². The average Bonchev–Trinajstić information content (AvgIpc) is 3.50. The van der Waals surface area contributed by atoms with Crippen LogP contribution in [0.5, 0.6) is 0 Å². The summed E-state index contributed by atoms with van der Waals surface area (Å²) in [5, 5.41) is 15.0. The summed E-state index contributed by atoms with van der Waals surface area (Å²) >= 11 is 0. The molecule has 0 aromatic heterocycles. The van der Waals surface area contributed by atoms with Gasteiger partial charge >= 0.3 is 0 Å². The highest BCUT2D eigenvalue weighted by atomic mass is 16.6. The number of benzene rings is 2. The molecule has 7 heteroatoms. The molecule has 0 radical (unpaired) electrons. The van der Waals surface area contributed by atoms with E-state index < -0.39 is 4.92 Å². The Balaban J connectivity index is 1.30. The lowest BCUT2D eigenvalue weighted by Crippen LogP contribution is -2.40. The van der Waals surface area contributed by atoms with E-state index in [9.17, 15) is 14.9 Å². The fourth-order valence-corrected chi connectivity index (χ4v) is 5.38. The van der Waals surface area contributed by atoms with Crippen molar-refractivity contribution in [1.82, 2.24) is 4.90 Å². The molecular formula is C24H27N3O4. The third kappa shape index (κ3) is 3.67. The minimum atomic E-state index is -0.406. The van der Waals surface area contributed by atoms with Gasteiger partial charge in [0, 0.05) is 36.7 Å². The van der Waals surface area contributed by atoms with Crippen molar-refractivity contribution in [3.63, 3.8) is 0 Å². The molecule has 2 fully saturated rings. The summed E-state index contributed by atoms with van der Waals surface area (Å²) in [5.74, 6) is 0.293. The summed E-state index contributed by atoms with van der Waals surface area (Å²) in [6, 6.07) is 13.5. The standard InChI is InChI=1S/C24H27N3O4/c28-23(26-10-12-31-13-11-26)18-7-8-21(22(14-18)27(29)30)25-16-19-15-24(19)9-3-5-17-4-1-2-6-20(17)24/h1-2,4,6-8,14,19,25H,3,5,9-13,15-16H2. The highest BCUT2D eigenvalue weighted by molar-refractivity contribution is 5.95. The van der Waals surface area contributed by atoms with Gasteiger partial charge in [0.1, 0.15) is 5.69 Å². The van der Waals surface area contributed by atoms with Crippen molar-refractivity contribution in [3.8, 4) is 0 Å². The number of hydrogen-bond donors (Lipinski definition) is 1. The van der Waals surface area contributed by atoms with E-state index in [0.717, 1.165) is 12.8 Å². The molecule has 162 valence electrons. The van der Waals surface area contributed by atoms with Crippen molar-refractivity contribution in [2.75, 3.05) is 38.2 Å². The van der Waals surface area contributed by atoms with Gasteiger partial charge in [-0.25, -0.2) is 0 Å². The van der Waals surface area contributed by atoms with Crippen LogP contribution in [-0.2, 0) is 16.6 Å². The minimum Gasteiger partial charge on any atom is -0.379 e. The molecule has 0 bridgehead atoms. The quantitative estimate of drug-likeness (QED) is 0.587. The molecule has 2 aliphatic carbocycles. The van der Waals surface area contributed by atoms with Gasteiger partial charge in [-0.15, -0.1) is 0 Å². The maximum atomic E-state index is 12.7. The topological polar surface area (TPSA) is 84.7 Å². The molecule has 1 aliphatic heterocycles. The fraction of sp³-hybridized carbons (Fsp3) is 0.458. The largest absolute Gasteiger partial charge is 0.379 e. The number of nitrogens with zero attached hydrogens (tertiary/aromatic N) is 2. The van der Waals surface area contributed by atoms with Gasteiger partial charge in [-0.1, -0.05) is 24.3 Å². The Morgan fingerprint density at radius 1 is 1.23 bits per heavy atom. The van der Waals surface area contributed by atoms with Crippen molar-refractivity contribution in [3.05, 3.63) is 69.3 Å². The molecule has 7 nitrogen and oxygen atoms in total. The average molecular weight is 421 g/mol. The van der Waals surface area contributed by atoms with Gasteiger partial charge in [0.05, 0.1) is 18.1 Å². The van der Waals surface area contributed by atoms with E-state index in [2.05, 4.69) is 29.6 Å².